The fourth-order valence-electron chi connectivity index (χ4n) is 2.90. The van der Waals surface area contributed by atoms with Crippen LogP contribution in [0.4, 0.5) is 0 Å². The summed E-state index contributed by atoms with van der Waals surface area (Å²) >= 11 is 0. The molecule has 1 amide bonds. The summed E-state index contributed by atoms with van der Waals surface area (Å²) in [5, 5.41) is 0. The Morgan fingerprint density at radius 2 is 2.24 bits per heavy atom. The minimum absolute atomic E-state index is 0.0912. The summed E-state index contributed by atoms with van der Waals surface area (Å²) in [6, 6.07) is 1.83. The van der Waals surface area contributed by atoms with Crippen LogP contribution in [0, 0.1) is 12.8 Å². The zero-order valence-electron chi connectivity index (χ0n) is 12.1. The number of likely N-dealkylation sites (tertiary alicyclic amines) is 1. The van der Waals surface area contributed by atoms with Gasteiger partial charge < -0.3 is 5.73 Å². The number of carbonyl (C=O) groups excluding carboxylic acids is 1. The molecule has 7 heteroatoms. The van der Waals surface area contributed by atoms with Crippen LogP contribution < -0.4 is 5.73 Å². The van der Waals surface area contributed by atoms with Crippen molar-refractivity contribution in [2.45, 2.75) is 19.4 Å². The number of carbonyl (C=O) groups is 1. The van der Waals surface area contributed by atoms with Crippen molar-refractivity contribution in [2.24, 2.45) is 11.7 Å². The van der Waals surface area contributed by atoms with Crippen LogP contribution in [0.5, 0.6) is 0 Å². The van der Waals surface area contributed by atoms with Crippen LogP contribution in [0.25, 0.3) is 5.95 Å². The highest BCUT2D eigenvalue weighted by molar-refractivity contribution is 5.78. The largest absolute Gasteiger partial charge is 0.369 e. The van der Waals surface area contributed by atoms with E-state index in [4.69, 9.17) is 5.73 Å². The number of aryl methyl sites for hydroxylation is 1. The number of nitrogens with two attached hydrogens (primary N) is 1. The van der Waals surface area contributed by atoms with Gasteiger partial charge in [0.15, 0.2) is 0 Å². The average Bonchev–Trinajstić information content (AvgIpc) is 3.06. The average molecular weight is 286 g/mol. The molecule has 110 valence electrons. The minimum Gasteiger partial charge on any atom is -0.369 e. The Bertz CT molecular complexity index is 653. The second kappa shape index (κ2) is 5.25. The zero-order chi connectivity index (χ0) is 15.0. The van der Waals surface area contributed by atoms with Gasteiger partial charge in [-0.15, -0.1) is 0 Å². The van der Waals surface area contributed by atoms with Crippen molar-refractivity contribution in [3.8, 4) is 5.95 Å². The molecule has 3 heterocycles. The fourth-order valence-corrected chi connectivity index (χ4v) is 2.90. The van der Waals surface area contributed by atoms with E-state index >= 15 is 0 Å². The van der Waals surface area contributed by atoms with Crippen molar-refractivity contribution in [1.82, 2.24) is 24.4 Å². The number of aromatic nitrogens is 4. The third kappa shape index (κ3) is 2.52. The zero-order valence-corrected chi connectivity index (χ0v) is 12.1. The summed E-state index contributed by atoms with van der Waals surface area (Å²) in [7, 11) is 1.99. The molecule has 1 aliphatic rings. The molecule has 1 aliphatic heterocycles. The standard InChI is InChI=1S/C14H18N6O/c1-9-7-11(12-10(13(15)21)3-5-19(12)2)18-14(17-9)20-6-4-16-8-20/h4,6-8,10,12H,3,5H2,1-2H3,(H2,15,21). The Balaban J connectivity index is 2.03. The van der Waals surface area contributed by atoms with Gasteiger partial charge in [-0.1, -0.05) is 0 Å². The number of rotatable bonds is 3. The molecule has 2 aromatic rings. The Morgan fingerprint density at radius 3 is 2.90 bits per heavy atom. The molecule has 1 saturated heterocycles. The van der Waals surface area contributed by atoms with E-state index in [0.29, 0.717) is 5.95 Å². The molecule has 0 spiro atoms. The maximum absolute atomic E-state index is 11.7. The molecule has 7 nitrogen and oxygen atoms in total. The normalized spacial score (nSPS) is 22.6. The molecule has 2 unspecified atom stereocenters. The minimum atomic E-state index is -0.273. The first-order valence-electron chi connectivity index (χ1n) is 6.89. The first-order valence-corrected chi connectivity index (χ1v) is 6.89. The number of imidazole rings is 1. The lowest BCUT2D eigenvalue weighted by Crippen LogP contribution is -2.30. The van der Waals surface area contributed by atoms with E-state index in [0.717, 1.165) is 24.4 Å². The number of primary amides is 1. The lowest BCUT2D eigenvalue weighted by Gasteiger charge is -2.23. The maximum Gasteiger partial charge on any atom is 0.235 e. The number of amides is 1. The third-order valence-electron chi connectivity index (χ3n) is 3.91. The van der Waals surface area contributed by atoms with Gasteiger partial charge in [0.05, 0.1) is 17.7 Å². The molecule has 2 atom stereocenters. The quantitative estimate of drug-likeness (QED) is 0.884. The van der Waals surface area contributed by atoms with Gasteiger partial charge in [-0.2, -0.15) is 0 Å². The van der Waals surface area contributed by atoms with Crippen LogP contribution in [0.1, 0.15) is 23.9 Å². The second-order valence-corrected chi connectivity index (χ2v) is 5.43. The van der Waals surface area contributed by atoms with Crippen molar-refractivity contribution >= 4 is 5.91 Å². The molecule has 3 rings (SSSR count). The summed E-state index contributed by atoms with van der Waals surface area (Å²) in [6.07, 6.45) is 5.89. The Hall–Kier alpha value is -2.28. The van der Waals surface area contributed by atoms with E-state index in [1.54, 1.807) is 23.3 Å². The lowest BCUT2D eigenvalue weighted by molar-refractivity contribution is -0.122. The Morgan fingerprint density at radius 1 is 1.43 bits per heavy atom. The van der Waals surface area contributed by atoms with Crippen molar-refractivity contribution in [1.29, 1.82) is 0 Å². The topological polar surface area (TPSA) is 89.9 Å². The van der Waals surface area contributed by atoms with Crippen molar-refractivity contribution in [2.75, 3.05) is 13.6 Å². The smallest absolute Gasteiger partial charge is 0.235 e. The summed E-state index contributed by atoms with van der Waals surface area (Å²) < 4.78 is 1.75. The van der Waals surface area contributed by atoms with E-state index in [9.17, 15) is 4.79 Å². The number of hydrogen-bond acceptors (Lipinski definition) is 5. The van der Waals surface area contributed by atoms with Gasteiger partial charge in [0.1, 0.15) is 6.33 Å². The van der Waals surface area contributed by atoms with E-state index in [1.165, 1.54) is 0 Å². The lowest BCUT2D eigenvalue weighted by atomic mass is 9.96. The summed E-state index contributed by atoms with van der Waals surface area (Å²) in [4.78, 5) is 26.8. The van der Waals surface area contributed by atoms with Crippen LogP contribution in [0.15, 0.2) is 24.8 Å². The molecule has 1 fully saturated rings. The molecule has 21 heavy (non-hydrogen) atoms. The monoisotopic (exact) mass is 286 g/mol. The van der Waals surface area contributed by atoms with Crippen LogP contribution in [-0.2, 0) is 4.79 Å². The number of nitrogens with zero attached hydrogens (tertiary/aromatic N) is 5. The Labute approximate surface area is 122 Å². The predicted molar refractivity (Wildman–Crippen MR) is 76.6 cm³/mol. The van der Waals surface area contributed by atoms with Gasteiger partial charge in [-0.25, -0.2) is 15.0 Å². The second-order valence-electron chi connectivity index (χ2n) is 5.43. The molecule has 2 N–H and O–H groups in total. The molecular formula is C14H18N6O. The van der Waals surface area contributed by atoms with Crippen molar-refractivity contribution in [3.63, 3.8) is 0 Å². The number of hydrogen-bond donors (Lipinski definition) is 1. The van der Waals surface area contributed by atoms with Crippen LogP contribution >= 0.6 is 0 Å². The first kappa shape index (κ1) is 13.7. The Kier molecular flexibility index (Phi) is 3.42. The first-order chi connectivity index (χ1) is 10.1. The SMILES string of the molecule is Cc1cc(C2C(C(N)=O)CCN2C)nc(-n2ccnc2)n1. The van der Waals surface area contributed by atoms with Crippen LogP contribution in [-0.4, -0.2) is 43.9 Å². The third-order valence-corrected chi connectivity index (χ3v) is 3.91. The maximum atomic E-state index is 11.7. The molecule has 0 bridgehead atoms. The van der Waals surface area contributed by atoms with Crippen LogP contribution in [0.3, 0.4) is 0 Å². The molecular weight excluding hydrogens is 268 g/mol. The fraction of sp³-hybridized carbons (Fsp3) is 0.429. The summed E-state index contributed by atoms with van der Waals surface area (Å²) in [6.45, 7) is 2.75. The van der Waals surface area contributed by atoms with E-state index in [2.05, 4.69) is 19.9 Å². The van der Waals surface area contributed by atoms with Gasteiger partial charge in [-0.3, -0.25) is 14.3 Å². The van der Waals surface area contributed by atoms with E-state index < -0.39 is 0 Å². The van der Waals surface area contributed by atoms with E-state index in [-0.39, 0.29) is 17.9 Å². The summed E-state index contributed by atoms with van der Waals surface area (Å²) in [5.41, 5.74) is 7.22. The molecule has 2 aromatic heterocycles. The highest BCUT2D eigenvalue weighted by atomic mass is 16.1. The van der Waals surface area contributed by atoms with Gasteiger partial charge >= 0.3 is 0 Å². The van der Waals surface area contributed by atoms with E-state index in [1.807, 2.05) is 20.0 Å². The van der Waals surface area contributed by atoms with Gasteiger partial charge in [-0.05, 0) is 33.0 Å². The van der Waals surface area contributed by atoms with Gasteiger partial charge in [0, 0.05) is 18.1 Å². The molecule has 0 aliphatic carbocycles. The van der Waals surface area contributed by atoms with Crippen LogP contribution in [0.2, 0.25) is 0 Å². The van der Waals surface area contributed by atoms with Crippen molar-refractivity contribution < 1.29 is 4.79 Å². The highest BCUT2D eigenvalue weighted by Crippen LogP contribution is 2.35. The van der Waals surface area contributed by atoms with Gasteiger partial charge in [0.2, 0.25) is 11.9 Å². The van der Waals surface area contributed by atoms with Gasteiger partial charge in [0.25, 0.3) is 0 Å². The molecule has 0 saturated carbocycles. The highest BCUT2D eigenvalue weighted by Gasteiger charge is 2.37. The molecule has 0 aromatic carbocycles. The van der Waals surface area contributed by atoms with Crippen molar-refractivity contribution in [3.05, 3.63) is 36.2 Å². The summed E-state index contributed by atoms with van der Waals surface area (Å²) in [5.74, 6) is 0.0794. The predicted octanol–water partition coefficient (Wildman–Crippen LogP) is 0.449. The molecule has 0 radical (unpaired) electrons.